The number of allylic oxidation sites excluding steroid dienone is 1. The number of fused-ring (bicyclic) bond motifs is 2. The van der Waals surface area contributed by atoms with Crippen molar-refractivity contribution >= 4 is 29.5 Å². The Kier molecular flexibility index (Phi) is 4.57. The molecule has 5 rings (SSSR count). The van der Waals surface area contributed by atoms with Crippen molar-refractivity contribution in [2.45, 2.75) is 18.4 Å². The van der Waals surface area contributed by atoms with Crippen molar-refractivity contribution in [3.8, 4) is 5.75 Å². The standard InChI is InChI=1S/C22H20N6O/c23-17(5-14-9-25-20-4-2-1-3-19(14)20)13-29-18-6-15(8-24-11-18)21-7-16-10-27-28-22(16)12-26-21/h1-4,6-11,14,17H,5,12-13,23H2/t14?,17-/m0/s1. The Hall–Kier alpha value is -3.45. The zero-order chi connectivity index (χ0) is 19.6. The van der Waals surface area contributed by atoms with Crippen LogP contribution in [0.15, 0.2) is 74.6 Å². The van der Waals surface area contributed by atoms with Gasteiger partial charge in [0.2, 0.25) is 0 Å². The van der Waals surface area contributed by atoms with Gasteiger partial charge in [-0.25, -0.2) is 0 Å². The molecule has 7 heteroatoms. The van der Waals surface area contributed by atoms with Gasteiger partial charge in [-0.1, -0.05) is 18.2 Å². The molecule has 1 aromatic heterocycles. The highest BCUT2D eigenvalue weighted by molar-refractivity contribution is 6.27. The zero-order valence-electron chi connectivity index (χ0n) is 15.8. The number of aromatic nitrogens is 1. The molecule has 2 atom stereocenters. The van der Waals surface area contributed by atoms with E-state index in [2.05, 4.69) is 31.2 Å². The quantitative estimate of drug-likeness (QED) is 0.829. The molecule has 0 saturated heterocycles. The summed E-state index contributed by atoms with van der Waals surface area (Å²) in [5, 5.41) is 7.99. The maximum atomic E-state index is 6.33. The van der Waals surface area contributed by atoms with Crippen molar-refractivity contribution in [3.63, 3.8) is 0 Å². The fourth-order valence-electron chi connectivity index (χ4n) is 3.66. The molecular weight excluding hydrogens is 364 g/mol. The molecule has 29 heavy (non-hydrogen) atoms. The van der Waals surface area contributed by atoms with Crippen LogP contribution >= 0.6 is 0 Å². The van der Waals surface area contributed by atoms with Crippen molar-refractivity contribution in [2.75, 3.05) is 13.2 Å². The second-order valence-electron chi connectivity index (χ2n) is 7.25. The lowest BCUT2D eigenvalue weighted by Crippen LogP contribution is -2.30. The van der Waals surface area contributed by atoms with E-state index in [1.165, 1.54) is 5.56 Å². The van der Waals surface area contributed by atoms with E-state index in [1.54, 1.807) is 18.6 Å². The first kappa shape index (κ1) is 17.6. The van der Waals surface area contributed by atoms with Crippen LogP contribution in [0.2, 0.25) is 0 Å². The summed E-state index contributed by atoms with van der Waals surface area (Å²) in [4.78, 5) is 13.3. The third-order valence-corrected chi connectivity index (χ3v) is 5.16. The molecule has 2 aromatic rings. The number of pyridine rings is 1. The zero-order valence-corrected chi connectivity index (χ0v) is 15.8. The molecule has 2 N–H and O–H groups in total. The maximum absolute atomic E-state index is 6.33. The van der Waals surface area contributed by atoms with E-state index >= 15 is 0 Å². The van der Waals surface area contributed by atoms with E-state index < -0.39 is 0 Å². The van der Waals surface area contributed by atoms with E-state index in [0.717, 1.165) is 34.7 Å². The fraction of sp³-hybridized carbons (Fsp3) is 0.227. The van der Waals surface area contributed by atoms with Gasteiger partial charge in [0.15, 0.2) is 0 Å². The van der Waals surface area contributed by atoms with Crippen molar-refractivity contribution in [1.29, 1.82) is 0 Å². The van der Waals surface area contributed by atoms with Crippen LogP contribution in [0.5, 0.6) is 5.75 Å². The lowest BCUT2D eigenvalue weighted by atomic mass is 9.94. The topological polar surface area (TPSA) is 97.6 Å². The number of hydrogen-bond donors (Lipinski definition) is 1. The molecule has 0 radical (unpaired) electrons. The van der Waals surface area contributed by atoms with Crippen molar-refractivity contribution < 1.29 is 4.74 Å². The molecule has 3 aliphatic heterocycles. The first-order chi connectivity index (χ1) is 14.3. The van der Waals surface area contributed by atoms with E-state index in [0.29, 0.717) is 18.9 Å². The lowest BCUT2D eigenvalue weighted by Gasteiger charge is -2.17. The molecule has 4 heterocycles. The van der Waals surface area contributed by atoms with Gasteiger partial charge < -0.3 is 10.5 Å². The number of ether oxygens (including phenoxy) is 1. The van der Waals surface area contributed by atoms with Crippen LogP contribution in [0.1, 0.15) is 23.5 Å². The van der Waals surface area contributed by atoms with Crippen LogP contribution in [-0.4, -0.2) is 48.0 Å². The van der Waals surface area contributed by atoms with Crippen LogP contribution in [0.4, 0.5) is 5.69 Å². The van der Waals surface area contributed by atoms with Crippen LogP contribution in [-0.2, 0) is 0 Å². The SMILES string of the molecule is N[C@H](COc1cncc(C2=NCC3=NN=CC3=C2)c1)CC1C=Nc2ccccc21. The predicted molar refractivity (Wildman–Crippen MR) is 115 cm³/mol. The third kappa shape index (κ3) is 3.64. The Bertz CT molecular complexity index is 1100. The highest BCUT2D eigenvalue weighted by Crippen LogP contribution is 2.34. The summed E-state index contributed by atoms with van der Waals surface area (Å²) in [6.07, 6.45) is 9.97. The Labute approximate surface area is 168 Å². The molecule has 0 fully saturated rings. The average molecular weight is 384 g/mol. The molecule has 0 bridgehead atoms. The van der Waals surface area contributed by atoms with E-state index in [1.807, 2.05) is 36.6 Å². The molecule has 7 nitrogen and oxygen atoms in total. The molecule has 0 amide bonds. The van der Waals surface area contributed by atoms with Gasteiger partial charge in [-0.2, -0.15) is 10.2 Å². The number of para-hydroxylation sites is 1. The summed E-state index contributed by atoms with van der Waals surface area (Å²) >= 11 is 0. The van der Waals surface area contributed by atoms with Crippen LogP contribution in [0.3, 0.4) is 0 Å². The molecule has 0 spiro atoms. The first-order valence-corrected chi connectivity index (χ1v) is 9.59. The number of aliphatic imine (C=N–C) groups is 2. The summed E-state index contributed by atoms with van der Waals surface area (Å²) in [7, 11) is 0. The normalized spacial score (nSPS) is 19.9. The fourth-order valence-corrected chi connectivity index (χ4v) is 3.66. The van der Waals surface area contributed by atoms with Crippen molar-refractivity contribution in [1.82, 2.24) is 4.98 Å². The van der Waals surface area contributed by atoms with Crippen LogP contribution in [0.25, 0.3) is 0 Å². The third-order valence-electron chi connectivity index (χ3n) is 5.16. The number of rotatable bonds is 6. The molecule has 1 unspecified atom stereocenters. The van der Waals surface area contributed by atoms with Crippen LogP contribution in [0, 0.1) is 0 Å². The Morgan fingerprint density at radius 1 is 1.21 bits per heavy atom. The highest BCUT2D eigenvalue weighted by Gasteiger charge is 2.21. The summed E-state index contributed by atoms with van der Waals surface area (Å²) in [5.41, 5.74) is 12.3. The van der Waals surface area contributed by atoms with Crippen LogP contribution < -0.4 is 10.5 Å². The first-order valence-electron chi connectivity index (χ1n) is 9.59. The van der Waals surface area contributed by atoms with Gasteiger partial charge in [0.25, 0.3) is 0 Å². The Morgan fingerprint density at radius 2 is 2.14 bits per heavy atom. The Morgan fingerprint density at radius 3 is 3.10 bits per heavy atom. The van der Waals surface area contributed by atoms with E-state index in [4.69, 9.17) is 10.5 Å². The van der Waals surface area contributed by atoms with Crippen molar-refractivity contribution in [2.24, 2.45) is 25.9 Å². The second kappa shape index (κ2) is 7.52. The van der Waals surface area contributed by atoms with E-state index in [-0.39, 0.29) is 12.0 Å². The van der Waals surface area contributed by atoms with Gasteiger partial charge in [0.1, 0.15) is 12.4 Å². The smallest absolute Gasteiger partial charge is 0.138 e. The summed E-state index contributed by atoms with van der Waals surface area (Å²) < 4.78 is 5.93. The summed E-state index contributed by atoms with van der Waals surface area (Å²) in [6.45, 7) is 0.941. The van der Waals surface area contributed by atoms with Gasteiger partial charge in [0, 0.05) is 35.5 Å². The number of hydrogen-bond acceptors (Lipinski definition) is 7. The molecule has 0 aliphatic carbocycles. The molecule has 144 valence electrons. The van der Waals surface area contributed by atoms with Gasteiger partial charge >= 0.3 is 0 Å². The van der Waals surface area contributed by atoms with Crippen molar-refractivity contribution in [3.05, 3.63) is 65.5 Å². The second-order valence-corrected chi connectivity index (χ2v) is 7.25. The maximum Gasteiger partial charge on any atom is 0.138 e. The number of dihydropyridines is 1. The number of benzene rings is 1. The monoisotopic (exact) mass is 384 g/mol. The predicted octanol–water partition coefficient (Wildman–Crippen LogP) is 2.85. The van der Waals surface area contributed by atoms with Gasteiger partial charge in [-0.3, -0.25) is 15.0 Å². The number of nitrogens with zero attached hydrogens (tertiary/aromatic N) is 5. The molecule has 1 aromatic carbocycles. The minimum Gasteiger partial charge on any atom is -0.490 e. The lowest BCUT2D eigenvalue weighted by molar-refractivity contribution is 0.280. The summed E-state index contributed by atoms with van der Waals surface area (Å²) in [6, 6.07) is 10.0. The van der Waals surface area contributed by atoms with E-state index in [9.17, 15) is 0 Å². The largest absolute Gasteiger partial charge is 0.490 e. The molecule has 0 saturated carbocycles. The minimum absolute atomic E-state index is 0.108. The molecule has 3 aliphatic rings. The summed E-state index contributed by atoms with van der Waals surface area (Å²) in [5.74, 6) is 0.917. The number of nitrogens with two attached hydrogens (primary N) is 1. The van der Waals surface area contributed by atoms with Gasteiger partial charge in [0.05, 0.1) is 36.1 Å². The molecular formula is C22H20N6O. The van der Waals surface area contributed by atoms with Gasteiger partial charge in [-0.05, 0) is 30.2 Å². The van der Waals surface area contributed by atoms with Gasteiger partial charge in [-0.15, -0.1) is 0 Å². The average Bonchev–Trinajstić information content (AvgIpc) is 3.39. The Balaban J connectivity index is 1.21. The minimum atomic E-state index is -0.108. The highest BCUT2D eigenvalue weighted by atomic mass is 16.5.